The molecule has 0 saturated carbocycles. The summed E-state index contributed by atoms with van der Waals surface area (Å²) in [4.78, 5) is 15.7. The van der Waals surface area contributed by atoms with Crippen LogP contribution in [0.25, 0.3) is 11.1 Å². The first-order valence-electron chi connectivity index (χ1n) is 5.78. The SMILES string of the molecule is COc1cc(Br)c(-c2ccnc(C)c2)c(C(=O)O)c1N. The van der Waals surface area contributed by atoms with Crippen molar-refractivity contribution in [1.29, 1.82) is 0 Å². The van der Waals surface area contributed by atoms with Gasteiger partial charge in [0.1, 0.15) is 5.75 Å². The number of nitrogens with zero attached hydrogens (tertiary/aromatic N) is 1. The summed E-state index contributed by atoms with van der Waals surface area (Å²) in [7, 11) is 1.44. The third-order valence-corrected chi connectivity index (χ3v) is 3.53. The number of anilines is 1. The average Bonchev–Trinajstić information content (AvgIpc) is 2.40. The second kappa shape index (κ2) is 5.50. The largest absolute Gasteiger partial charge is 0.495 e. The molecule has 2 rings (SSSR count). The van der Waals surface area contributed by atoms with Gasteiger partial charge in [-0.05, 0) is 46.6 Å². The molecule has 0 fully saturated rings. The molecule has 0 atom stereocenters. The summed E-state index contributed by atoms with van der Waals surface area (Å²) in [6.07, 6.45) is 1.63. The molecule has 0 bridgehead atoms. The van der Waals surface area contributed by atoms with Gasteiger partial charge in [0.25, 0.3) is 0 Å². The highest BCUT2D eigenvalue weighted by atomic mass is 79.9. The summed E-state index contributed by atoms with van der Waals surface area (Å²) in [6.45, 7) is 1.84. The first kappa shape index (κ1) is 14.3. The fourth-order valence-corrected chi connectivity index (χ4v) is 2.65. The minimum atomic E-state index is -1.11. The van der Waals surface area contributed by atoms with Gasteiger partial charge >= 0.3 is 5.97 Å². The van der Waals surface area contributed by atoms with Gasteiger partial charge in [-0.2, -0.15) is 0 Å². The van der Waals surface area contributed by atoms with E-state index in [2.05, 4.69) is 20.9 Å². The van der Waals surface area contributed by atoms with Crippen LogP contribution in [0.15, 0.2) is 28.9 Å². The molecule has 1 aromatic heterocycles. The van der Waals surface area contributed by atoms with Crippen LogP contribution in [0, 0.1) is 6.92 Å². The number of ether oxygens (including phenoxy) is 1. The molecule has 0 saturated heterocycles. The Hall–Kier alpha value is -2.08. The molecule has 3 N–H and O–H groups in total. The number of carboxylic acid groups (broad SMARTS) is 1. The third-order valence-electron chi connectivity index (χ3n) is 2.90. The van der Waals surface area contributed by atoms with E-state index in [-0.39, 0.29) is 11.3 Å². The zero-order chi connectivity index (χ0) is 14.9. The van der Waals surface area contributed by atoms with Crippen molar-refractivity contribution < 1.29 is 14.6 Å². The van der Waals surface area contributed by atoms with Gasteiger partial charge in [0.2, 0.25) is 0 Å². The lowest BCUT2D eigenvalue weighted by atomic mass is 9.98. The fraction of sp³-hybridized carbons (Fsp3) is 0.143. The molecule has 0 radical (unpaired) electrons. The van der Waals surface area contributed by atoms with E-state index in [0.29, 0.717) is 15.8 Å². The number of pyridine rings is 1. The maximum atomic E-state index is 11.5. The van der Waals surface area contributed by atoms with Crippen molar-refractivity contribution in [2.45, 2.75) is 6.92 Å². The molecule has 1 heterocycles. The highest BCUT2D eigenvalue weighted by Crippen LogP contribution is 2.40. The van der Waals surface area contributed by atoms with Crippen LogP contribution in [0.2, 0.25) is 0 Å². The van der Waals surface area contributed by atoms with E-state index in [1.54, 1.807) is 24.4 Å². The first-order valence-corrected chi connectivity index (χ1v) is 6.57. The summed E-state index contributed by atoms with van der Waals surface area (Å²) in [5.41, 5.74) is 8.06. The quantitative estimate of drug-likeness (QED) is 0.841. The molecule has 0 spiro atoms. The number of carbonyl (C=O) groups is 1. The molecule has 2 aromatic rings. The van der Waals surface area contributed by atoms with Gasteiger partial charge in [0.05, 0.1) is 18.4 Å². The topological polar surface area (TPSA) is 85.4 Å². The van der Waals surface area contributed by atoms with E-state index in [1.165, 1.54) is 7.11 Å². The van der Waals surface area contributed by atoms with Gasteiger partial charge in [0, 0.05) is 21.9 Å². The highest BCUT2D eigenvalue weighted by molar-refractivity contribution is 9.10. The van der Waals surface area contributed by atoms with Crippen molar-refractivity contribution in [1.82, 2.24) is 4.98 Å². The van der Waals surface area contributed by atoms with Crippen molar-refractivity contribution in [2.24, 2.45) is 0 Å². The van der Waals surface area contributed by atoms with Crippen molar-refractivity contribution in [3.05, 3.63) is 40.1 Å². The zero-order valence-electron chi connectivity index (χ0n) is 11.0. The molecule has 0 aliphatic heterocycles. The Morgan fingerprint density at radius 1 is 1.45 bits per heavy atom. The first-order chi connectivity index (χ1) is 9.45. The minimum absolute atomic E-state index is 0.0156. The highest BCUT2D eigenvalue weighted by Gasteiger charge is 2.22. The lowest BCUT2D eigenvalue weighted by Gasteiger charge is -2.15. The molecular weight excluding hydrogens is 324 g/mol. The van der Waals surface area contributed by atoms with Crippen LogP contribution in [0.5, 0.6) is 5.75 Å². The van der Waals surface area contributed by atoms with Crippen molar-refractivity contribution in [3.8, 4) is 16.9 Å². The van der Waals surface area contributed by atoms with E-state index in [9.17, 15) is 9.90 Å². The van der Waals surface area contributed by atoms with Crippen molar-refractivity contribution >= 4 is 27.6 Å². The van der Waals surface area contributed by atoms with Crippen LogP contribution in [0.4, 0.5) is 5.69 Å². The van der Waals surface area contributed by atoms with E-state index >= 15 is 0 Å². The predicted octanol–water partition coefficient (Wildman–Crippen LogP) is 3.11. The van der Waals surface area contributed by atoms with Crippen molar-refractivity contribution in [3.63, 3.8) is 0 Å². The summed E-state index contributed by atoms with van der Waals surface area (Å²) in [5, 5.41) is 9.45. The molecule has 0 unspecified atom stereocenters. The van der Waals surface area contributed by atoms with Crippen LogP contribution in [0.1, 0.15) is 16.1 Å². The maximum Gasteiger partial charge on any atom is 0.338 e. The Bertz CT molecular complexity index is 686. The number of carboxylic acids is 1. The second-order valence-corrected chi connectivity index (χ2v) is 5.07. The molecule has 20 heavy (non-hydrogen) atoms. The number of benzene rings is 1. The van der Waals surface area contributed by atoms with Gasteiger partial charge < -0.3 is 15.6 Å². The summed E-state index contributed by atoms with van der Waals surface area (Å²) in [5.74, 6) is -0.782. The third kappa shape index (κ3) is 2.46. The number of hydrogen-bond acceptors (Lipinski definition) is 4. The molecule has 6 heteroatoms. The standard InChI is InChI=1S/C14H13BrN2O3/c1-7-5-8(3-4-17-7)11-9(15)6-10(20-2)13(16)12(11)14(18)19/h3-6H,16H2,1-2H3,(H,18,19). The number of nitrogen functional groups attached to an aromatic ring is 1. The molecular formula is C14H13BrN2O3. The Labute approximate surface area is 124 Å². The number of hydrogen-bond donors (Lipinski definition) is 2. The second-order valence-electron chi connectivity index (χ2n) is 4.22. The van der Waals surface area contributed by atoms with Gasteiger partial charge in [-0.1, -0.05) is 0 Å². The lowest BCUT2D eigenvalue weighted by Crippen LogP contribution is -2.07. The number of aromatic carboxylic acids is 1. The van der Waals surface area contributed by atoms with Crippen LogP contribution in [0.3, 0.4) is 0 Å². The van der Waals surface area contributed by atoms with Crippen LogP contribution < -0.4 is 10.5 Å². The lowest BCUT2D eigenvalue weighted by molar-refractivity contribution is 0.0698. The van der Waals surface area contributed by atoms with E-state index in [0.717, 1.165) is 11.3 Å². The van der Waals surface area contributed by atoms with Crippen molar-refractivity contribution in [2.75, 3.05) is 12.8 Å². The number of methoxy groups -OCH3 is 1. The van der Waals surface area contributed by atoms with Crippen LogP contribution in [-0.4, -0.2) is 23.2 Å². The monoisotopic (exact) mass is 336 g/mol. The summed E-state index contributed by atoms with van der Waals surface area (Å²) >= 11 is 3.38. The molecule has 104 valence electrons. The van der Waals surface area contributed by atoms with E-state index < -0.39 is 5.97 Å². The zero-order valence-corrected chi connectivity index (χ0v) is 12.6. The molecule has 1 aromatic carbocycles. The number of aryl methyl sites for hydroxylation is 1. The van der Waals surface area contributed by atoms with Gasteiger partial charge in [-0.15, -0.1) is 0 Å². The summed E-state index contributed by atoms with van der Waals surface area (Å²) < 4.78 is 5.70. The summed E-state index contributed by atoms with van der Waals surface area (Å²) in [6, 6.07) is 5.21. The van der Waals surface area contributed by atoms with Gasteiger partial charge in [0.15, 0.2) is 0 Å². The minimum Gasteiger partial charge on any atom is -0.495 e. The number of nitrogens with two attached hydrogens (primary N) is 1. The normalized spacial score (nSPS) is 10.3. The smallest absolute Gasteiger partial charge is 0.338 e. The molecule has 0 amide bonds. The van der Waals surface area contributed by atoms with Crippen LogP contribution >= 0.6 is 15.9 Å². The van der Waals surface area contributed by atoms with Gasteiger partial charge in [-0.25, -0.2) is 4.79 Å². The Morgan fingerprint density at radius 2 is 2.15 bits per heavy atom. The Balaban J connectivity index is 2.82. The van der Waals surface area contributed by atoms with Crippen LogP contribution in [-0.2, 0) is 0 Å². The predicted molar refractivity (Wildman–Crippen MR) is 80.0 cm³/mol. The number of halogens is 1. The molecule has 0 aliphatic rings. The fourth-order valence-electron chi connectivity index (χ4n) is 2.02. The average molecular weight is 337 g/mol. The van der Waals surface area contributed by atoms with E-state index in [4.69, 9.17) is 10.5 Å². The Kier molecular flexibility index (Phi) is 3.94. The number of aromatic nitrogens is 1. The van der Waals surface area contributed by atoms with Gasteiger partial charge in [-0.3, -0.25) is 4.98 Å². The molecule has 0 aliphatic carbocycles. The Morgan fingerprint density at radius 3 is 2.70 bits per heavy atom. The molecule has 5 nitrogen and oxygen atoms in total. The maximum absolute atomic E-state index is 11.5. The number of rotatable bonds is 3. The van der Waals surface area contributed by atoms with E-state index in [1.807, 2.05) is 6.92 Å².